The van der Waals surface area contributed by atoms with Crippen LogP contribution in [0, 0.1) is 0 Å². The second-order valence-electron chi connectivity index (χ2n) is 5.45. The Bertz CT molecular complexity index is 801. The van der Waals surface area contributed by atoms with Gasteiger partial charge in [-0.2, -0.15) is 0 Å². The third kappa shape index (κ3) is 3.50. The highest BCUT2D eigenvalue weighted by atomic mass is 79.9. The molecule has 0 atom stereocenters. The molecule has 0 fully saturated rings. The van der Waals surface area contributed by atoms with E-state index in [1.165, 1.54) is 0 Å². The lowest BCUT2D eigenvalue weighted by Crippen LogP contribution is -2.10. The van der Waals surface area contributed by atoms with E-state index in [0.29, 0.717) is 0 Å². The topological polar surface area (TPSA) is 24.7 Å². The van der Waals surface area contributed by atoms with Crippen molar-refractivity contribution in [2.75, 3.05) is 0 Å². The summed E-state index contributed by atoms with van der Waals surface area (Å²) in [5.41, 5.74) is 5.67. The summed E-state index contributed by atoms with van der Waals surface area (Å²) in [5.74, 6) is 0. The van der Waals surface area contributed by atoms with Crippen molar-refractivity contribution in [2.45, 2.75) is 13.8 Å². The van der Waals surface area contributed by atoms with Gasteiger partial charge in [-0.1, -0.05) is 60.7 Å². The van der Waals surface area contributed by atoms with Crippen LogP contribution in [0.25, 0.3) is 0 Å². The number of allylic oxidation sites excluding steroid dienone is 4. The molecular weight excluding hydrogens is 428 g/mol. The van der Waals surface area contributed by atoms with E-state index in [4.69, 9.17) is 9.98 Å². The maximum absolute atomic E-state index is 4.86. The molecule has 1 aliphatic rings. The molecule has 1 heterocycles. The highest BCUT2D eigenvalue weighted by molar-refractivity contribution is 9.12. The molecule has 0 bridgehead atoms. The van der Waals surface area contributed by atoms with Crippen LogP contribution in [0.2, 0.25) is 0 Å². The minimum absolute atomic E-state index is 0.887. The summed E-state index contributed by atoms with van der Waals surface area (Å²) in [5, 5.41) is 0. The Morgan fingerprint density at radius 1 is 0.583 bits per heavy atom. The SMILES string of the molecule is CC1=C(Br)C(c2ccccc2)=N/C(C)=C(/Br)C(c2ccccc2)=N1. The first kappa shape index (κ1) is 17.1. The van der Waals surface area contributed by atoms with Crippen LogP contribution in [0.4, 0.5) is 0 Å². The predicted molar refractivity (Wildman–Crippen MR) is 109 cm³/mol. The van der Waals surface area contributed by atoms with Crippen molar-refractivity contribution >= 4 is 43.3 Å². The van der Waals surface area contributed by atoms with Gasteiger partial charge in [0.25, 0.3) is 0 Å². The summed E-state index contributed by atoms with van der Waals surface area (Å²) >= 11 is 7.39. The number of hydrogen-bond acceptors (Lipinski definition) is 2. The molecule has 0 N–H and O–H groups in total. The van der Waals surface area contributed by atoms with Crippen molar-refractivity contribution in [3.8, 4) is 0 Å². The van der Waals surface area contributed by atoms with E-state index in [9.17, 15) is 0 Å². The Hall–Kier alpha value is -1.78. The maximum Gasteiger partial charge on any atom is 0.0865 e. The van der Waals surface area contributed by atoms with Crippen LogP contribution in [0.5, 0.6) is 0 Å². The summed E-state index contributed by atoms with van der Waals surface area (Å²) in [7, 11) is 0. The molecular formula is C20H16Br2N2. The zero-order valence-electron chi connectivity index (χ0n) is 13.4. The normalized spacial score (nSPS) is 18.7. The first-order chi connectivity index (χ1) is 11.6. The molecule has 4 heteroatoms. The van der Waals surface area contributed by atoms with Crippen LogP contribution in [0.3, 0.4) is 0 Å². The number of rotatable bonds is 2. The maximum atomic E-state index is 4.86. The van der Waals surface area contributed by atoms with Crippen molar-refractivity contribution in [3.05, 3.63) is 92.1 Å². The van der Waals surface area contributed by atoms with Gasteiger partial charge in [0.05, 0.1) is 31.8 Å². The molecule has 0 radical (unpaired) electrons. The average Bonchev–Trinajstić information content (AvgIpc) is 2.63. The fraction of sp³-hybridized carbons (Fsp3) is 0.100. The van der Waals surface area contributed by atoms with E-state index >= 15 is 0 Å². The molecule has 0 saturated carbocycles. The quantitative estimate of drug-likeness (QED) is 0.525. The number of benzene rings is 2. The predicted octanol–water partition coefficient (Wildman–Crippen LogP) is 6.23. The number of halogens is 2. The van der Waals surface area contributed by atoms with E-state index in [-0.39, 0.29) is 0 Å². The lowest BCUT2D eigenvalue weighted by atomic mass is 10.1. The molecule has 1 aliphatic heterocycles. The Balaban J connectivity index is 2.19. The van der Waals surface area contributed by atoms with E-state index in [1.807, 2.05) is 50.2 Å². The van der Waals surface area contributed by atoms with Gasteiger partial charge in [-0.3, -0.25) is 9.98 Å². The molecule has 0 aromatic heterocycles. The standard InChI is InChI=1S/C20H16Br2N2/c1-13-17(21)19(15-9-5-3-6-10-15)24-14(2)18(22)20(23-13)16-11-7-4-8-12-16/h3-12H,1-2H3/b17-13+,18-14?,19-17?,20-18?,23-13?,23-20?,24-14?,24-19?. The van der Waals surface area contributed by atoms with Crippen molar-refractivity contribution in [3.63, 3.8) is 0 Å². The summed E-state index contributed by atoms with van der Waals surface area (Å²) in [6, 6.07) is 20.3. The molecule has 0 saturated heterocycles. The van der Waals surface area contributed by atoms with Gasteiger partial charge < -0.3 is 0 Å². The van der Waals surface area contributed by atoms with Crippen molar-refractivity contribution in [2.24, 2.45) is 9.98 Å². The van der Waals surface area contributed by atoms with Gasteiger partial charge in [-0.15, -0.1) is 0 Å². The molecule has 2 aromatic rings. The summed E-state index contributed by atoms with van der Waals surface area (Å²) < 4.78 is 1.81. The summed E-state index contributed by atoms with van der Waals surface area (Å²) in [6.07, 6.45) is 0. The summed E-state index contributed by atoms with van der Waals surface area (Å²) in [4.78, 5) is 9.72. The number of hydrogen-bond donors (Lipinski definition) is 0. The smallest absolute Gasteiger partial charge is 0.0865 e. The largest absolute Gasteiger partial charge is 0.251 e. The fourth-order valence-corrected chi connectivity index (χ4v) is 3.26. The van der Waals surface area contributed by atoms with Gasteiger partial charge in [0.2, 0.25) is 0 Å². The lowest BCUT2D eigenvalue weighted by Gasteiger charge is -2.15. The monoisotopic (exact) mass is 442 g/mol. The number of nitrogens with zero attached hydrogens (tertiary/aromatic N) is 2. The van der Waals surface area contributed by atoms with Crippen LogP contribution in [0.1, 0.15) is 25.0 Å². The molecule has 2 nitrogen and oxygen atoms in total. The van der Waals surface area contributed by atoms with Crippen LogP contribution >= 0.6 is 31.9 Å². The second-order valence-corrected chi connectivity index (χ2v) is 7.04. The zero-order chi connectivity index (χ0) is 17.1. The van der Waals surface area contributed by atoms with E-state index in [2.05, 4.69) is 56.1 Å². The Morgan fingerprint density at radius 3 is 1.25 bits per heavy atom. The minimum atomic E-state index is 0.887. The van der Waals surface area contributed by atoms with Crippen molar-refractivity contribution in [1.29, 1.82) is 0 Å². The first-order valence-corrected chi connectivity index (χ1v) is 9.18. The van der Waals surface area contributed by atoms with Crippen LogP contribution in [-0.2, 0) is 0 Å². The highest BCUT2D eigenvalue weighted by Gasteiger charge is 2.18. The van der Waals surface area contributed by atoms with Gasteiger partial charge in [0.15, 0.2) is 0 Å². The van der Waals surface area contributed by atoms with Crippen molar-refractivity contribution < 1.29 is 0 Å². The van der Waals surface area contributed by atoms with E-state index in [0.717, 1.165) is 42.9 Å². The molecule has 2 aromatic carbocycles. The first-order valence-electron chi connectivity index (χ1n) is 7.59. The fourth-order valence-electron chi connectivity index (χ4n) is 2.45. The van der Waals surface area contributed by atoms with Gasteiger partial charge in [-0.25, -0.2) is 0 Å². The Kier molecular flexibility index (Phi) is 5.27. The zero-order valence-corrected chi connectivity index (χ0v) is 16.6. The Labute approximate surface area is 159 Å². The molecule has 0 unspecified atom stereocenters. The molecule has 24 heavy (non-hydrogen) atoms. The van der Waals surface area contributed by atoms with Crippen LogP contribution < -0.4 is 0 Å². The van der Waals surface area contributed by atoms with E-state index in [1.54, 1.807) is 0 Å². The van der Waals surface area contributed by atoms with Crippen molar-refractivity contribution in [1.82, 2.24) is 0 Å². The third-order valence-electron chi connectivity index (χ3n) is 3.70. The summed E-state index contributed by atoms with van der Waals surface area (Å²) in [6.45, 7) is 3.98. The molecule has 0 aliphatic carbocycles. The lowest BCUT2D eigenvalue weighted by molar-refractivity contribution is 1.25. The van der Waals surface area contributed by atoms with Gasteiger partial charge >= 0.3 is 0 Å². The van der Waals surface area contributed by atoms with Crippen LogP contribution in [0.15, 0.2) is 91.0 Å². The van der Waals surface area contributed by atoms with Crippen LogP contribution in [-0.4, -0.2) is 11.4 Å². The highest BCUT2D eigenvalue weighted by Crippen LogP contribution is 2.29. The van der Waals surface area contributed by atoms with Gasteiger partial charge in [0, 0.05) is 11.1 Å². The minimum Gasteiger partial charge on any atom is -0.251 e. The Morgan fingerprint density at radius 2 is 0.917 bits per heavy atom. The molecule has 120 valence electrons. The molecule has 0 spiro atoms. The second kappa shape index (κ2) is 7.41. The third-order valence-corrected chi connectivity index (χ3v) is 5.60. The number of aliphatic imine (C=N–C) groups is 2. The molecule has 3 rings (SSSR count). The molecule has 0 amide bonds. The average molecular weight is 444 g/mol. The van der Waals surface area contributed by atoms with Gasteiger partial charge in [-0.05, 0) is 45.7 Å². The van der Waals surface area contributed by atoms with E-state index < -0.39 is 0 Å². The van der Waals surface area contributed by atoms with Gasteiger partial charge in [0.1, 0.15) is 0 Å².